The van der Waals surface area contributed by atoms with Crippen LogP contribution in [0.25, 0.3) is 0 Å². The van der Waals surface area contributed by atoms with E-state index in [0.29, 0.717) is 23.7 Å². The lowest BCUT2D eigenvalue weighted by atomic mass is 9.79. The predicted octanol–water partition coefficient (Wildman–Crippen LogP) is 1.30. The zero-order valence-corrected chi connectivity index (χ0v) is 11.4. The van der Waals surface area contributed by atoms with E-state index in [2.05, 4.69) is 6.92 Å². The molecule has 2 heterocycles. The monoisotopic (exact) mass is 253 g/mol. The van der Waals surface area contributed by atoms with Crippen LogP contribution in [-0.2, 0) is 14.3 Å². The standard InChI is InChI=1S/C14H23NO3/c1-10-7-12(10)13(16)15-8-14(9-15)11(3-5-17-2)4-6-18-14/h10-12H,3-9H2,1-2H3/t10-,11+,12-/m0/s1. The molecule has 102 valence electrons. The lowest BCUT2D eigenvalue weighted by Crippen LogP contribution is -2.66. The molecule has 0 aromatic carbocycles. The van der Waals surface area contributed by atoms with E-state index in [4.69, 9.17) is 9.47 Å². The number of methoxy groups -OCH3 is 1. The Bertz CT molecular complexity index is 338. The van der Waals surface area contributed by atoms with Gasteiger partial charge in [-0.3, -0.25) is 4.79 Å². The third-order valence-electron chi connectivity index (χ3n) is 4.93. The summed E-state index contributed by atoms with van der Waals surface area (Å²) in [5, 5.41) is 0. The quantitative estimate of drug-likeness (QED) is 0.758. The van der Waals surface area contributed by atoms with Gasteiger partial charge in [-0.15, -0.1) is 0 Å². The topological polar surface area (TPSA) is 38.8 Å². The maximum absolute atomic E-state index is 12.1. The average molecular weight is 253 g/mol. The van der Waals surface area contributed by atoms with Gasteiger partial charge < -0.3 is 14.4 Å². The first-order valence-corrected chi connectivity index (χ1v) is 7.08. The first kappa shape index (κ1) is 12.4. The van der Waals surface area contributed by atoms with E-state index in [9.17, 15) is 4.79 Å². The molecule has 1 saturated carbocycles. The molecule has 3 rings (SSSR count). The molecule has 3 fully saturated rings. The normalized spacial score (nSPS) is 36.8. The summed E-state index contributed by atoms with van der Waals surface area (Å²) in [7, 11) is 1.74. The Labute approximate surface area is 109 Å². The Balaban J connectivity index is 1.54. The van der Waals surface area contributed by atoms with Gasteiger partial charge in [0.2, 0.25) is 5.91 Å². The highest BCUT2D eigenvalue weighted by atomic mass is 16.5. The number of carbonyl (C=O) groups is 1. The Kier molecular flexibility index (Phi) is 3.10. The number of hydrogen-bond acceptors (Lipinski definition) is 3. The Morgan fingerprint density at radius 1 is 1.50 bits per heavy atom. The molecule has 1 amide bonds. The van der Waals surface area contributed by atoms with Gasteiger partial charge in [0.15, 0.2) is 0 Å². The number of carbonyl (C=O) groups excluding carboxylic acids is 1. The molecule has 0 unspecified atom stereocenters. The van der Waals surface area contributed by atoms with Crippen molar-refractivity contribution in [2.75, 3.05) is 33.4 Å². The van der Waals surface area contributed by atoms with Gasteiger partial charge in [-0.05, 0) is 31.1 Å². The summed E-state index contributed by atoms with van der Waals surface area (Å²) in [6, 6.07) is 0. The van der Waals surface area contributed by atoms with Gasteiger partial charge in [-0.2, -0.15) is 0 Å². The lowest BCUT2D eigenvalue weighted by molar-refractivity contribution is -0.167. The first-order chi connectivity index (χ1) is 8.66. The minimum Gasteiger partial charge on any atom is -0.385 e. The lowest BCUT2D eigenvalue weighted by Gasteiger charge is -2.50. The number of nitrogens with zero attached hydrogens (tertiary/aromatic N) is 1. The molecule has 4 nitrogen and oxygen atoms in total. The molecule has 3 aliphatic rings. The van der Waals surface area contributed by atoms with Crippen molar-refractivity contribution in [2.24, 2.45) is 17.8 Å². The van der Waals surface area contributed by atoms with E-state index in [1.807, 2.05) is 4.90 Å². The van der Waals surface area contributed by atoms with Crippen LogP contribution in [0.3, 0.4) is 0 Å². The van der Waals surface area contributed by atoms with Crippen molar-refractivity contribution in [3.8, 4) is 0 Å². The second kappa shape index (κ2) is 4.49. The molecular formula is C14H23NO3. The summed E-state index contributed by atoms with van der Waals surface area (Å²) in [6.07, 6.45) is 3.25. The zero-order chi connectivity index (χ0) is 12.8. The van der Waals surface area contributed by atoms with Gasteiger partial charge in [0, 0.05) is 26.2 Å². The van der Waals surface area contributed by atoms with Crippen molar-refractivity contribution < 1.29 is 14.3 Å². The maximum Gasteiger partial charge on any atom is 0.226 e. The second-order valence-corrected chi connectivity index (χ2v) is 6.19. The number of likely N-dealkylation sites (tertiary alicyclic amines) is 1. The van der Waals surface area contributed by atoms with Crippen molar-refractivity contribution in [1.82, 2.24) is 4.90 Å². The van der Waals surface area contributed by atoms with E-state index < -0.39 is 0 Å². The number of amides is 1. The third kappa shape index (κ3) is 1.95. The van der Waals surface area contributed by atoms with Gasteiger partial charge in [0.1, 0.15) is 5.60 Å². The van der Waals surface area contributed by atoms with Crippen LogP contribution >= 0.6 is 0 Å². The van der Waals surface area contributed by atoms with Crippen LogP contribution in [0.15, 0.2) is 0 Å². The molecule has 4 heteroatoms. The van der Waals surface area contributed by atoms with Crippen molar-refractivity contribution in [1.29, 1.82) is 0 Å². The fourth-order valence-electron chi connectivity index (χ4n) is 3.46. The third-order valence-corrected chi connectivity index (χ3v) is 4.93. The van der Waals surface area contributed by atoms with Crippen molar-refractivity contribution in [3.63, 3.8) is 0 Å². The van der Waals surface area contributed by atoms with E-state index in [0.717, 1.165) is 45.6 Å². The van der Waals surface area contributed by atoms with Crippen LogP contribution in [0, 0.1) is 17.8 Å². The predicted molar refractivity (Wildman–Crippen MR) is 67.1 cm³/mol. The first-order valence-electron chi connectivity index (χ1n) is 7.08. The molecule has 0 aromatic heterocycles. The van der Waals surface area contributed by atoms with Crippen LogP contribution in [0.1, 0.15) is 26.2 Å². The summed E-state index contributed by atoms with van der Waals surface area (Å²) in [5.41, 5.74) is -0.0354. The van der Waals surface area contributed by atoms with Gasteiger partial charge in [-0.25, -0.2) is 0 Å². The average Bonchev–Trinajstić information content (AvgIpc) is 2.89. The van der Waals surface area contributed by atoms with Gasteiger partial charge >= 0.3 is 0 Å². The summed E-state index contributed by atoms with van der Waals surface area (Å²) in [5.74, 6) is 1.83. The molecule has 18 heavy (non-hydrogen) atoms. The minimum atomic E-state index is -0.0354. The van der Waals surface area contributed by atoms with Crippen LogP contribution in [0.2, 0.25) is 0 Å². The van der Waals surface area contributed by atoms with Crippen molar-refractivity contribution in [3.05, 3.63) is 0 Å². The van der Waals surface area contributed by atoms with Gasteiger partial charge in [0.05, 0.1) is 13.1 Å². The number of hydrogen-bond donors (Lipinski definition) is 0. The molecular weight excluding hydrogens is 230 g/mol. The van der Waals surface area contributed by atoms with E-state index in [-0.39, 0.29) is 5.60 Å². The molecule has 3 atom stereocenters. The Morgan fingerprint density at radius 3 is 2.83 bits per heavy atom. The largest absolute Gasteiger partial charge is 0.385 e. The molecule has 0 N–H and O–H groups in total. The van der Waals surface area contributed by atoms with E-state index in [1.54, 1.807) is 7.11 Å². The molecule has 0 bridgehead atoms. The SMILES string of the molecule is COCC[C@@H]1CCOC12CN(C(=O)[C@H]1C[C@@H]1C)C2. The number of rotatable bonds is 4. The Morgan fingerprint density at radius 2 is 2.22 bits per heavy atom. The fourth-order valence-corrected chi connectivity index (χ4v) is 3.46. The van der Waals surface area contributed by atoms with Crippen LogP contribution in [-0.4, -0.2) is 49.8 Å². The molecule has 2 aliphatic heterocycles. The summed E-state index contributed by atoms with van der Waals surface area (Å²) in [6.45, 7) is 5.41. The van der Waals surface area contributed by atoms with Crippen molar-refractivity contribution >= 4 is 5.91 Å². The Hall–Kier alpha value is -0.610. The van der Waals surface area contributed by atoms with Crippen LogP contribution in [0.4, 0.5) is 0 Å². The highest BCUT2D eigenvalue weighted by Crippen LogP contribution is 2.45. The minimum absolute atomic E-state index is 0.0354. The van der Waals surface area contributed by atoms with E-state index >= 15 is 0 Å². The molecule has 0 aromatic rings. The van der Waals surface area contributed by atoms with Crippen LogP contribution < -0.4 is 0 Å². The smallest absolute Gasteiger partial charge is 0.226 e. The summed E-state index contributed by atoms with van der Waals surface area (Å²) in [4.78, 5) is 14.1. The summed E-state index contributed by atoms with van der Waals surface area (Å²) >= 11 is 0. The van der Waals surface area contributed by atoms with Crippen LogP contribution in [0.5, 0.6) is 0 Å². The van der Waals surface area contributed by atoms with Gasteiger partial charge in [0.25, 0.3) is 0 Å². The highest BCUT2D eigenvalue weighted by Gasteiger charge is 2.56. The maximum atomic E-state index is 12.1. The van der Waals surface area contributed by atoms with E-state index in [1.165, 1.54) is 0 Å². The molecule has 1 aliphatic carbocycles. The summed E-state index contributed by atoms with van der Waals surface area (Å²) < 4.78 is 11.1. The van der Waals surface area contributed by atoms with Gasteiger partial charge in [-0.1, -0.05) is 6.92 Å². The second-order valence-electron chi connectivity index (χ2n) is 6.19. The zero-order valence-electron chi connectivity index (χ0n) is 11.4. The fraction of sp³-hybridized carbons (Fsp3) is 0.929. The molecule has 1 spiro atoms. The van der Waals surface area contributed by atoms with Crippen molar-refractivity contribution in [2.45, 2.75) is 31.8 Å². The molecule has 2 saturated heterocycles. The molecule has 0 radical (unpaired) electrons. The highest BCUT2D eigenvalue weighted by molar-refractivity contribution is 5.82. The number of ether oxygens (including phenoxy) is 2.